The molecular formula is C10H10BrCl. The Labute approximate surface area is 86.4 Å². The predicted octanol–water partition coefficient (Wildman–Crippen LogP) is 4.01. The van der Waals surface area contributed by atoms with Gasteiger partial charge in [-0.3, -0.25) is 0 Å². The van der Waals surface area contributed by atoms with E-state index in [-0.39, 0.29) is 0 Å². The molecule has 0 aliphatic carbocycles. The molecule has 1 rings (SSSR count). The number of aryl methyl sites for hydroxylation is 1. The monoisotopic (exact) mass is 244 g/mol. The fourth-order valence-corrected chi connectivity index (χ4v) is 1.65. The Morgan fingerprint density at radius 2 is 2.25 bits per heavy atom. The van der Waals surface area contributed by atoms with Crippen LogP contribution in [0.3, 0.4) is 0 Å². The third-order valence-corrected chi connectivity index (χ3v) is 2.41. The van der Waals surface area contributed by atoms with Crippen LogP contribution in [0.25, 0.3) is 6.08 Å². The van der Waals surface area contributed by atoms with Gasteiger partial charge in [-0.2, -0.15) is 0 Å². The second-order valence-electron chi connectivity index (χ2n) is 2.58. The van der Waals surface area contributed by atoms with E-state index in [0.29, 0.717) is 5.88 Å². The van der Waals surface area contributed by atoms with Crippen LogP contribution in [0.15, 0.2) is 28.7 Å². The number of hydrogen-bond donors (Lipinski definition) is 0. The Kier molecular flexibility index (Phi) is 3.83. The van der Waals surface area contributed by atoms with Crippen molar-refractivity contribution >= 4 is 33.6 Å². The molecule has 0 radical (unpaired) electrons. The lowest BCUT2D eigenvalue weighted by Crippen LogP contribution is -1.77. The van der Waals surface area contributed by atoms with Crippen molar-refractivity contribution in [2.45, 2.75) is 6.92 Å². The predicted molar refractivity (Wildman–Crippen MR) is 58.6 cm³/mol. The van der Waals surface area contributed by atoms with Gasteiger partial charge in [0.05, 0.1) is 0 Å². The molecule has 64 valence electrons. The number of halogens is 2. The summed E-state index contributed by atoms with van der Waals surface area (Å²) in [6.45, 7) is 2.07. The molecule has 1 aromatic carbocycles. The van der Waals surface area contributed by atoms with Gasteiger partial charge in [-0.1, -0.05) is 40.2 Å². The van der Waals surface area contributed by atoms with E-state index >= 15 is 0 Å². The molecule has 0 aromatic heterocycles. The Hall–Kier alpha value is -0.270. The van der Waals surface area contributed by atoms with Gasteiger partial charge in [0.1, 0.15) is 0 Å². The van der Waals surface area contributed by atoms with Crippen LogP contribution >= 0.6 is 27.5 Å². The van der Waals surface area contributed by atoms with Crippen LogP contribution in [0, 0.1) is 6.92 Å². The van der Waals surface area contributed by atoms with Gasteiger partial charge in [0.15, 0.2) is 0 Å². The van der Waals surface area contributed by atoms with Gasteiger partial charge in [-0.05, 0) is 24.1 Å². The molecular weight excluding hydrogens is 235 g/mol. The van der Waals surface area contributed by atoms with Gasteiger partial charge in [-0.15, -0.1) is 11.6 Å². The first kappa shape index (κ1) is 9.82. The smallest absolute Gasteiger partial charge is 0.0407 e. The van der Waals surface area contributed by atoms with Gasteiger partial charge >= 0.3 is 0 Å². The van der Waals surface area contributed by atoms with Crippen molar-refractivity contribution in [1.29, 1.82) is 0 Å². The lowest BCUT2D eigenvalue weighted by atomic mass is 10.1. The normalized spacial score (nSPS) is 10.9. The maximum atomic E-state index is 5.53. The average Bonchev–Trinajstić information content (AvgIpc) is 2.03. The SMILES string of the molecule is Cc1ccc(C=CCCl)c(Br)c1. The number of allylic oxidation sites excluding steroid dienone is 1. The molecule has 0 atom stereocenters. The third kappa shape index (κ3) is 2.65. The second kappa shape index (κ2) is 4.68. The van der Waals surface area contributed by atoms with Crippen molar-refractivity contribution in [2.24, 2.45) is 0 Å². The standard InChI is InChI=1S/C10H10BrCl/c1-8-4-5-9(3-2-6-12)10(11)7-8/h2-5,7H,6H2,1H3. The summed E-state index contributed by atoms with van der Waals surface area (Å²) >= 11 is 9.02. The van der Waals surface area contributed by atoms with Crippen molar-refractivity contribution in [2.75, 3.05) is 5.88 Å². The summed E-state index contributed by atoms with van der Waals surface area (Å²) in [5.41, 5.74) is 2.42. The molecule has 1 aromatic rings. The van der Waals surface area contributed by atoms with Crippen LogP contribution in [0.1, 0.15) is 11.1 Å². The Bertz CT molecular complexity index is 292. The highest BCUT2D eigenvalue weighted by molar-refractivity contribution is 9.10. The summed E-state index contributed by atoms with van der Waals surface area (Å²) in [6.07, 6.45) is 3.94. The fraction of sp³-hybridized carbons (Fsp3) is 0.200. The Balaban J connectivity index is 2.94. The lowest BCUT2D eigenvalue weighted by Gasteiger charge is -1.98. The zero-order valence-corrected chi connectivity index (χ0v) is 9.19. The quantitative estimate of drug-likeness (QED) is 0.691. The number of hydrogen-bond acceptors (Lipinski definition) is 0. The molecule has 0 saturated heterocycles. The van der Waals surface area contributed by atoms with Gasteiger partial charge in [0.2, 0.25) is 0 Å². The van der Waals surface area contributed by atoms with E-state index in [1.54, 1.807) is 0 Å². The number of benzene rings is 1. The van der Waals surface area contributed by atoms with E-state index < -0.39 is 0 Å². The van der Waals surface area contributed by atoms with Gasteiger partial charge in [-0.25, -0.2) is 0 Å². The molecule has 12 heavy (non-hydrogen) atoms. The molecule has 0 spiro atoms. The van der Waals surface area contributed by atoms with Crippen molar-refractivity contribution in [1.82, 2.24) is 0 Å². The molecule has 0 aliphatic rings. The number of alkyl halides is 1. The molecule has 0 fully saturated rings. The Morgan fingerprint density at radius 3 is 2.83 bits per heavy atom. The summed E-state index contributed by atoms with van der Waals surface area (Å²) in [6, 6.07) is 6.25. The molecule has 0 unspecified atom stereocenters. The first-order chi connectivity index (χ1) is 5.74. The van der Waals surface area contributed by atoms with Crippen molar-refractivity contribution in [3.05, 3.63) is 39.9 Å². The molecule has 2 heteroatoms. The van der Waals surface area contributed by atoms with Crippen LogP contribution < -0.4 is 0 Å². The zero-order chi connectivity index (χ0) is 8.97. The number of rotatable bonds is 2. The molecule has 0 saturated carbocycles. The van der Waals surface area contributed by atoms with Crippen LogP contribution in [0.4, 0.5) is 0 Å². The summed E-state index contributed by atoms with van der Waals surface area (Å²) in [5, 5.41) is 0. The molecule has 0 heterocycles. The van der Waals surface area contributed by atoms with Crippen LogP contribution in [0.5, 0.6) is 0 Å². The molecule has 0 aliphatic heterocycles. The largest absolute Gasteiger partial charge is 0.122 e. The topological polar surface area (TPSA) is 0 Å². The fourth-order valence-electron chi connectivity index (χ4n) is 0.939. The highest BCUT2D eigenvalue weighted by Crippen LogP contribution is 2.19. The van der Waals surface area contributed by atoms with Gasteiger partial charge < -0.3 is 0 Å². The summed E-state index contributed by atoms with van der Waals surface area (Å²) in [5.74, 6) is 0.556. The average molecular weight is 246 g/mol. The first-order valence-corrected chi connectivity index (χ1v) is 5.05. The molecule has 0 nitrogen and oxygen atoms in total. The van der Waals surface area contributed by atoms with Crippen LogP contribution in [0.2, 0.25) is 0 Å². The lowest BCUT2D eigenvalue weighted by molar-refractivity contribution is 1.44. The maximum Gasteiger partial charge on any atom is 0.0407 e. The third-order valence-electron chi connectivity index (χ3n) is 1.54. The summed E-state index contributed by atoms with van der Waals surface area (Å²) < 4.78 is 1.11. The van der Waals surface area contributed by atoms with Crippen LogP contribution in [-0.2, 0) is 0 Å². The molecule has 0 amide bonds. The highest BCUT2D eigenvalue weighted by atomic mass is 79.9. The minimum Gasteiger partial charge on any atom is -0.122 e. The summed E-state index contributed by atoms with van der Waals surface area (Å²) in [4.78, 5) is 0. The Morgan fingerprint density at radius 1 is 1.50 bits per heavy atom. The van der Waals surface area contributed by atoms with E-state index in [0.717, 1.165) is 4.47 Å². The van der Waals surface area contributed by atoms with E-state index in [4.69, 9.17) is 11.6 Å². The van der Waals surface area contributed by atoms with E-state index in [1.165, 1.54) is 11.1 Å². The van der Waals surface area contributed by atoms with Crippen LogP contribution in [-0.4, -0.2) is 5.88 Å². The van der Waals surface area contributed by atoms with Gasteiger partial charge in [0.25, 0.3) is 0 Å². The zero-order valence-electron chi connectivity index (χ0n) is 6.85. The van der Waals surface area contributed by atoms with E-state index in [1.807, 2.05) is 12.2 Å². The van der Waals surface area contributed by atoms with E-state index in [9.17, 15) is 0 Å². The second-order valence-corrected chi connectivity index (χ2v) is 3.74. The molecule has 0 N–H and O–H groups in total. The minimum atomic E-state index is 0.556. The van der Waals surface area contributed by atoms with Crippen molar-refractivity contribution < 1.29 is 0 Å². The first-order valence-electron chi connectivity index (χ1n) is 3.72. The van der Waals surface area contributed by atoms with Crippen molar-refractivity contribution in [3.63, 3.8) is 0 Å². The minimum absolute atomic E-state index is 0.556. The molecule has 0 bridgehead atoms. The summed E-state index contributed by atoms with van der Waals surface area (Å²) in [7, 11) is 0. The van der Waals surface area contributed by atoms with Gasteiger partial charge in [0, 0.05) is 10.4 Å². The van der Waals surface area contributed by atoms with Crippen molar-refractivity contribution in [3.8, 4) is 0 Å². The maximum absolute atomic E-state index is 5.53. The highest BCUT2D eigenvalue weighted by Gasteiger charge is 1.94. The van der Waals surface area contributed by atoms with E-state index in [2.05, 4.69) is 41.1 Å².